The minimum atomic E-state index is -0.649. The molecule has 0 radical (unpaired) electrons. The van der Waals surface area contributed by atoms with Crippen LogP contribution in [0.1, 0.15) is 61.6 Å². The third-order valence-electron chi connectivity index (χ3n) is 5.97. The zero-order valence-corrected chi connectivity index (χ0v) is 21.0. The molecule has 3 heteroatoms. The van der Waals surface area contributed by atoms with Crippen molar-refractivity contribution in [1.82, 2.24) is 0 Å². The van der Waals surface area contributed by atoms with E-state index in [4.69, 9.17) is 14.2 Å². The molecule has 0 bridgehead atoms. The second kappa shape index (κ2) is 15.9. The third kappa shape index (κ3) is 8.37. The topological polar surface area (TPSA) is 27.7 Å². The molecule has 3 aromatic rings. The van der Waals surface area contributed by atoms with Gasteiger partial charge in [-0.15, -0.1) is 11.8 Å². The molecule has 0 N–H and O–H groups in total. The van der Waals surface area contributed by atoms with E-state index in [-0.39, 0.29) is 0 Å². The lowest BCUT2D eigenvalue weighted by Gasteiger charge is -2.36. The van der Waals surface area contributed by atoms with Crippen LogP contribution < -0.4 is 0 Å². The molecule has 0 aromatic heterocycles. The van der Waals surface area contributed by atoms with Gasteiger partial charge in [0.2, 0.25) is 0 Å². The van der Waals surface area contributed by atoms with Gasteiger partial charge in [-0.1, -0.05) is 104 Å². The minimum Gasteiger partial charge on any atom is -0.361 e. The average molecular weight is 471 g/mol. The Kier molecular flexibility index (Phi) is 12.1. The summed E-state index contributed by atoms with van der Waals surface area (Å²) < 4.78 is 17.0. The molecule has 184 valence electrons. The largest absolute Gasteiger partial charge is 0.361 e. The highest BCUT2D eigenvalue weighted by molar-refractivity contribution is 5.47. The first-order chi connectivity index (χ1) is 17.4. The second-order valence-corrected chi connectivity index (χ2v) is 8.56. The fraction of sp³-hybridized carbons (Fsp3) is 0.375. The van der Waals surface area contributed by atoms with E-state index in [9.17, 15) is 0 Å². The van der Waals surface area contributed by atoms with Crippen LogP contribution in [-0.2, 0) is 19.8 Å². The van der Waals surface area contributed by atoms with Crippen LogP contribution >= 0.6 is 0 Å². The molecule has 0 aliphatic carbocycles. The van der Waals surface area contributed by atoms with Crippen LogP contribution in [0, 0.1) is 11.8 Å². The first-order valence-corrected chi connectivity index (χ1v) is 12.7. The van der Waals surface area contributed by atoms with E-state index in [0.29, 0.717) is 13.4 Å². The van der Waals surface area contributed by atoms with Crippen LogP contribution in [0.2, 0.25) is 0 Å². The van der Waals surface area contributed by atoms with Crippen molar-refractivity contribution in [3.63, 3.8) is 0 Å². The molecule has 0 aliphatic rings. The molecule has 0 atom stereocenters. The van der Waals surface area contributed by atoms with Crippen molar-refractivity contribution < 1.29 is 14.2 Å². The Morgan fingerprint density at radius 2 is 1.06 bits per heavy atom. The number of ether oxygens (including phenoxy) is 3. The molecule has 35 heavy (non-hydrogen) atoms. The van der Waals surface area contributed by atoms with Gasteiger partial charge in [-0.25, -0.2) is 0 Å². The van der Waals surface area contributed by atoms with Gasteiger partial charge in [-0.3, -0.25) is 0 Å². The highest BCUT2D eigenvalue weighted by Crippen LogP contribution is 2.40. The summed E-state index contributed by atoms with van der Waals surface area (Å²) in [6.45, 7) is 1.79. The Hall–Kier alpha value is -2.90. The number of unbranched alkanes of at least 4 members (excludes halogenated alkanes) is 5. The lowest BCUT2D eigenvalue weighted by Crippen LogP contribution is -2.33. The molecule has 3 rings (SSSR count). The molecule has 0 fully saturated rings. The number of benzene rings is 3. The Bertz CT molecular complexity index is 894. The van der Waals surface area contributed by atoms with Gasteiger partial charge in [-0.2, -0.15) is 0 Å². The van der Waals surface area contributed by atoms with Crippen LogP contribution in [0.3, 0.4) is 0 Å². The highest BCUT2D eigenvalue weighted by Gasteiger charge is 2.37. The van der Waals surface area contributed by atoms with Crippen LogP contribution in [0.4, 0.5) is 0 Å². The van der Waals surface area contributed by atoms with E-state index in [0.717, 1.165) is 55.4 Å². The maximum absolute atomic E-state index is 6.80. The van der Waals surface area contributed by atoms with Crippen LogP contribution in [0.25, 0.3) is 0 Å². The molecule has 0 unspecified atom stereocenters. The quantitative estimate of drug-likeness (QED) is 0.101. The van der Waals surface area contributed by atoms with Gasteiger partial charge in [0, 0.05) is 33.2 Å². The zero-order chi connectivity index (χ0) is 24.4. The maximum Gasteiger partial charge on any atom is 0.146 e. The van der Waals surface area contributed by atoms with E-state index in [1.807, 2.05) is 0 Å². The SMILES string of the molecule is COCOCCCCCCC#CCCCOC(c1ccccc1)(c1ccccc1)c1ccccc1. The lowest BCUT2D eigenvalue weighted by molar-refractivity contribution is -0.0315. The van der Waals surface area contributed by atoms with Gasteiger partial charge in [0.05, 0.1) is 0 Å². The molecule has 0 saturated carbocycles. The Labute approximate surface area is 211 Å². The molecule has 0 aliphatic heterocycles. The predicted octanol–water partition coefficient (Wildman–Crippen LogP) is 7.35. The molecule has 0 spiro atoms. The van der Waals surface area contributed by atoms with Crippen molar-refractivity contribution in [2.75, 3.05) is 27.1 Å². The van der Waals surface area contributed by atoms with E-state index >= 15 is 0 Å². The lowest BCUT2D eigenvalue weighted by atomic mass is 9.80. The summed E-state index contributed by atoms with van der Waals surface area (Å²) in [5, 5.41) is 0. The second-order valence-electron chi connectivity index (χ2n) is 8.56. The Morgan fingerprint density at radius 3 is 1.57 bits per heavy atom. The normalized spacial score (nSPS) is 11.1. The summed E-state index contributed by atoms with van der Waals surface area (Å²) in [6, 6.07) is 31.6. The summed E-state index contributed by atoms with van der Waals surface area (Å²) in [5.74, 6) is 6.67. The molecule has 3 aromatic carbocycles. The summed E-state index contributed by atoms with van der Waals surface area (Å²) in [7, 11) is 1.65. The van der Waals surface area contributed by atoms with Gasteiger partial charge < -0.3 is 14.2 Å². The number of hydrogen-bond donors (Lipinski definition) is 0. The fourth-order valence-corrected chi connectivity index (χ4v) is 4.24. The molecule has 3 nitrogen and oxygen atoms in total. The van der Waals surface area contributed by atoms with Gasteiger partial charge in [0.1, 0.15) is 12.4 Å². The fourth-order valence-electron chi connectivity index (χ4n) is 4.24. The first-order valence-electron chi connectivity index (χ1n) is 12.7. The van der Waals surface area contributed by atoms with Crippen molar-refractivity contribution in [2.24, 2.45) is 0 Å². The monoisotopic (exact) mass is 470 g/mol. The van der Waals surface area contributed by atoms with E-state index in [1.54, 1.807) is 7.11 Å². The number of rotatable bonds is 15. The zero-order valence-electron chi connectivity index (χ0n) is 21.0. The number of hydrogen-bond acceptors (Lipinski definition) is 3. The molecule has 0 saturated heterocycles. The maximum atomic E-state index is 6.80. The molecule has 0 amide bonds. The van der Waals surface area contributed by atoms with Crippen molar-refractivity contribution in [3.05, 3.63) is 108 Å². The highest BCUT2D eigenvalue weighted by atomic mass is 16.7. The van der Waals surface area contributed by atoms with E-state index < -0.39 is 5.60 Å². The first kappa shape index (κ1) is 26.7. The van der Waals surface area contributed by atoms with E-state index in [2.05, 4.69) is 103 Å². The summed E-state index contributed by atoms with van der Waals surface area (Å²) in [4.78, 5) is 0. The molecular formula is C32H38O3. The summed E-state index contributed by atoms with van der Waals surface area (Å²) in [6.07, 6.45) is 7.31. The van der Waals surface area contributed by atoms with Crippen molar-refractivity contribution in [1.29, 1.82) is 0 Å². The van der Waals surface area contributed by atoms with Crippen molar-refractivity contribution >= 4 is 0 Å². The number of methoxy groups -OCH3 is 1. The van der Waals surface area contributed by atoms with Crippen molar-refractivity contribution in [2.45, 2.75) is 50.5 Å². The smallest absolute Gasteiger partial charge is 0.146 e. The minimum absolute atomic E-state index is 0.387. The van der Waals surface area contributed by atoms with Crippen LogP contribution in [0.5, 0.6) is 0 Å². The van der Waals surface area contributed by atoms with Crippen LogP contribution in [-0.4, -0.2) is 27.1 Å². The predicted molar refractivity (Wildman–Crippen MR) is 143 cm³/mol. The van der Waals surface area contributed by atoms with Crippen LogP contribution in [0.15, 0.2) is 91.0 Å². The Morgan fingerprint density at radius 1 is 0.571 bits per heavy atom. The standard InChI is InChI=1S/C32H38O3/c1-33-28-34-26-18-7-5-3-2-4-6-8-19-27-35-32(29-20-12-9-13-21-29,30-22-14-10-15-23-30)31-24-16-11-17-25-31/h9-17,20-25H,2-3,5,7-8,18-19,26-28H2,1H3. The van der Waals surface area contributed by atoms with Gasteiger partial charge in [0.25, 0.3) is 0 Å². The van der Waals surface area contributed by atoms with Crippen molar-refractivity contribution in [3.8, 4) is 11.8 Å². The third-order valence-corrected chi connectivity index (χ3v) is 5.97. The van der Waals surface area contributed by atoms with Gasteiger partial charge >= 0.3 is 0 Å². The van der Waals surface area contributed by atoms with Gasteiger partial charge in [-0.05, 0) is 36.0 Å². The van der Waals surface area contributed by atoms with Gasteiger partial charge in [0.15, 0.2) is 0 Å². The average Bonchev–Trinajstić information content (AvgIpc) is 2.93. The summed E-state index contributed by atoms with van der Waals surface area (Å²) >= 11 is 0. The Balaban J connectivity index is 1.55. The molecular weight excluding hydrogens is 432 g/mol. The van der Waals surface area contributed by atoms with E-state index in [1.165, 1.54) is 12.8 Å². The molecule has 0 heterocycles. The summed E-state index contributed by atoms with van der Waals surface area (Å²) in [5.41, 5.74) is 2.76.